The number of hydrogen-bond acceptors (Lipinski definition) is 4. The van der Waals surface area contributed by atoms with E-state index in [0.29, 0.717) is 24.5 Å². The second-order valence-corrected chi connectivity index (χ2v) is 8.97. The van der Waals surface area contributed by atoms with Gasteiger partial charge in [0.1, 0.15) is 5.60 Å². The average molecular weight is 399 g/mol. The molecule has 1 aliphatic heterocycles. The topological polar surface area (TPSA) is 58.6 Å². The molecule has 26 heavy (non-hydrogen) atoms. The zero-order chi connectivity index (χ0) is 19.2. The van der Waals surface area contributed by atoms with Gasteiger partial charge in [-0.25, -0.2) is 4.79 Å². The third-order valence-corrected chi connectivity index (χ3v) is 5.19. The van der Waals surface area contributed by atoms with Gasteiger partial charge in [0.2, 0.25) is 5.91 Å². The van der Waals surface area contributed by atoms with Crippen LogP contribution in [0.4, 0.5) is 4.79 Å². The van der Waals surface area contributed by atoms with E-state index in [9.17, 15) is 9.59 Å². The van der Waals surface area contributed by atoms with Crippen molar-refractivity contribution in [1.29, 1.82) is 0 Å². The van der Waals surface area contributed by atoms with Crippen molar-refractivity contribution in [3.05, 3.63) is 29.3 Å². The molecule has 5 nitrogen and oxygen atoms in total. The summed E-state index contributed by atoms with van der Waals surface area (Å²) in [5.41, 5.74) is -0.482. The quantitative estimate of drug-likeness (QED) is 0.749. The third kappa shape index (κ3) is 7.46. The highest BCUT2D eigenvalue weighted by molar-refractivity contribution is 7.99. The predicted molar refractivity (Wildman–Crippen MR) is 106 cm³/mol. The molecule has 0 unspecified atom stereocenters. The SMILES string of the molecule is CC(C)(C)OC(=O)N1CCC(NC(=O)CCSc2ccc(Cl)cc2)CC1. The maximum Gasteiger partial charge on any atom is 0.410 e. The van der Waals surface area contributed by atoms with Gasteiger partial charge in [-0.2, -0.15) is 0 Å². The van der Waals surface area contributed by atoms with Crippen LogP contribution in [-0.4, -0.2) is 47.4 Å². The van der Waals surface area contributed by atoms with E-state index >= 15 is 0 Å². The molecular weight excluding hydrogens is 372 g/mol. The van der Waals surface area contributed by atoms with E-state index in [0.717, 1.165) is 23.5 Å². The summed E-state index contributed by atoms with van der Waals surface area (Å²) in [6, 6.07) is 7.74. The molecule has 0 bridgehead atoms. The molecule has 0 spiro atoms. The molecule has 144 valence electrons. The third-order valence-electron chi connectivity index (χ3n) is 3.92. The van der Waals surface area contributed by atoms with Gasteiger partial charge in [-0.05, 0) is 57.9 Å². The molecule has 1 fully saturated rings. The van der Waals surface area contributed by atoms with Gasteiger partial charge in [0.05, 0.1) is 0 Å². The molecule has 0 aliphatic carbocycles. The van der Waals surface area contributed by atoms with Gasteiger partial charge in [0.25, 0.3) is 0 Å². The first-order chi connectivity index (χ1) is 12.2. The second kappa shape index (κ2) is 9.51. The molecule has 1 N–H and O–H groups in total. The summed E-state index contributed by atoms with van der Waals surface area (Å²) >= 11 is 7.50. The lowest BCUT2D eigenvalue weighted by atomic mass is 10.1. The Labute approximate surface area is 164 Å². The van der Waals surface area contributed by atoms with Crippen LogP contribution in [0.2, 0.25) is 5.02 Å². The minimum Gasteiger partial charge on any atom is -0.444 e. The van der Waals surface area contributed by atoms with E-state index in [-0.39, 0.29) is 18.0 Å². The van der Waals surface area contributed by atoms with Crippen LogP contribution in [0, 0.1) is 0 Å². The van der Waals surface area contributed by atoms with Crippen LogP contribution >= 0.6 is 23.4 Å². The van der Waals surface area contributed by atoms with E-state index in [1.54, 1.807) is 16.7 Å². The van der Waals surface area contributed by atoms with Crippen LogP contribution in [0.1, 0.15) is 40.0 Å². The fourth-order valence-electron chi connectivity index (χ4n) is 2.63. The fourth-order valence-corrected chi connectivity index (χ4v) is 3.60. The lowest BCUT2D eigenvalue weighted by Crippen LogP contribution is -2.47. The molecular formula is C19H27ClN2O3S. The number of thioether (sulfide) groups is 1. The molecule has 0 aromatic heterocycles. The number of benzene rings is 1. The largest absolute Gasteiger partial charge is 0.444 e. The number of ether oxygens (including phenoxy) is 1. The Bertz CT molecular complexity index is 608. The highest BCUT2D eigenvalue weighted by atomic mass is 35.5. The number of halogens is 1. The highest BCUT2D eigenvalue weighted by Crippen LogP contribution is 2.21. The average Bonchev–Trinajstić information content (AvgIpc) is 2.56. The van der Waals surface area contributed by atoms with Crippen LogP contribution in [0.15, 0.2) is 29.2 Å². The highest BCUT2D eigenvalue weighted by Gasteiger charge is 2.27. The van der Waals surface area contributed by atoms with Crippen LogP contribution in [-0.2, 0) is 9.53 Å². The molecule has 0 saturated carbocycles. The summed E-state index contributed by atoms with van der Waals surface area (Å²) in [5, 5.41) is 3.78. The van der Waals surface area contributed by atoms with Crippen molar-refractivity contribution in [3.63, 3.8) is 0 Å². The summed E-state index contributed by atoms with van der Waals surface area (Å²) in [5.74, 6) is 0.784. The number of hydrogen-bond donors (Lipinski definition) is 1. The minimum absolute atomic E-state index is 0.0576. The summed E-state index contributed by atoms with van der Waals surface area (Å²) in [6.45, 7) is 6.80. The van der Waals surface area contributed by atoms with Gasteiger partial charge in [-0.1, -0.05) is 11.6 Å². The maximum atomic E-state index is 12.1. The van der Waals surface area contributed by atoms with Crippen molar-refractivity contribution < 1.29 is 14.3 Å². The molecule has 1 aromatic rings. The van der Waals surface area contributed by atoms with Crippen LogP contribution in [0.25, 0.3) is 0 Å². The van der Waals surface area contributed by atoms with Crippen LogP contribution in [0.5, 0.6) is 0 Å². The summed E-state index contributed by atoms with van der Waals surface area (Å²) in [4.78, 5) is 27.0. The second-order valence-electron chi connectivity index (χ2n) is 7.36. The van der Waals surface area contributed by atoms with E-state index in [1.165, 1.54) is 0 Å². The lowest BCUT2D eigenvalue weighted by molar-refractivity contribution is -0.121. The first kappa shape index (κ1) is 20.9. The number of amides is 2. The number of carbonyl (C=O) groups is 2. The van der Waals surface area contributed by atoms with Crippen molar-refractivity contribution in [3.8, 4) is 0 Å². The summed E-state index contributed by atoms with van der Waals surface area (Å²) < 4.78 is 5.38. The van der Waals surface area contributed by atoms with Crippen LogP contribution < -0.4 is 5.32 Å². The molecule has 1 heterocycles. The number of nitrogens with one attached hydrogen (secondary N) is 1. The maximum absolute atomic E-state index is 12.1. The Morgan fingerprint density at radius 2 is 1.85 bits per heavy atom. The molecule has 0 radical (unpaired) electrons. The predicted octanol–water partition coefficient (Wildman–Crippen LogP) is 4.34. The Hall–Kier alpha value is -1.40. The minimum atomic E-state index is -0.482. The normalized spacial score (nSPS) is 15.6. The van der Waals surface area contributed by atoms with Crippen molar-refractivity contribution >= 4 is 35.4 Å². The van der Waals surface area contributed by atoms with Crippen molar-refractivity contribution in [2.45, 2.75) is 56.6 Å². The van der Waals surface area contributed by atoms with E-state index < -0.39 is 5.60 Å². The Balaban J connectivity index is 1.64. The van der Waals surface area contributed by atoms with Gasteiger partial charge in [-0.3, -0.25) is 4.79 Å². The standard InChI is InChI=1S/C19H27ClN2O3S/c1-19(2,3)25-18(24)22-11-8-15(9-12-22)21-17(23)10-13-26-16-6-4-14(20)5-7-16/h4-7,15H,8-13H2,1-3H3,(H,21,23). The number of rotatable bonds is 5. The molecule has 2 rings (SSSR count). The summed E-state index contributed by atoms with van der Waals surface area (Å²) in [7, 11) is 0. The molecule has 2 amide bonds. The lowest BCUT2D eigenvalue weighted by Gasteiger charge is -2.33. The fraction of sp³-hybridized carbons (Fsp3) is 0.579. The monoisotopic (exact) mass is 398 g/mol. The van der Waals surface area contributed by atoms with Gasteiger partial charge in [0.15, 0.2) is 0 Å². The van der Waals surface area contributed by atoms with Gasteiger partial charge < -0.3 is 15.0 Å². The van der Waals surface area contributed by atoms with Crippen molar-refractivity contribution in [1.82, 2.24) is 10.2 Å². The van der Waals surface area contributed by atoms with Crippen LogP contribution in [0.3, 0.4) is 0 Å². The van der Waals surface area contributed by atoms with E-state index in [4.69, 9.17) is 16.3 Å². The van der Waals surface area contributed by atoms with E-state index in [2.05, 4.69) is 5.32 Å². The zero-order valence-corrected chi connectivity index (χ0v) is 17.2. The summed E-state index contributed by atoms with van der Waals surface area (Å²) in [6.07, 6.45) is 1.71. The number of piperidine rings is 1. The van der Waals surface area contributed by atoms with Crippen molar-refractivity contribution in [2.24, 2.45) is 0 Å². The molecule has 1 aromatic carbocycles. The molecule has 7 heteroatoms. The van der Waals surface area contributed by atoms with Gasteiger partial charge >= 0.3 is 6.09 Å². The first-order valence-corrected chi connectivity index (χ1v) is 10.2. The number of likely N-dealkylation sites (tertiary alicyclic amines) is 1. The Morgan fingerprint density at radius 1 is 1.23 bits per heavy atom. The molecule has 0 atom stereocenters. The van der Waals surface area contributed by atoms with E-state index in [1.807, 2.05) is 45.0 Å². The first-order valence-electron chi connectivity index (χ1n) is 8.88. The zero-order valence-electron chi connectivity index (χ0n) is 15.6. The Kier molecular flexibility index (Phi) is 7.65. The Morgan fingerprint density at radius 3 is 2.42 bits per heavy atom. The number of nitrogens with zero attached hydrogens (tertiary/aromatic N) is 1. The smallest absolute Gasteiger partial charge is 0.410 e. The van der Waals surface area contributed by atoms with Gasteiger partial charge in [0, 0.05) is 41.2 Å². The molecule has 1 saturated heterocycles. The van der Waals surface area contributed by atoms with Crippen molar-refractivity contribution in [2.75, 3.05) is 18.8 Å². The van der Waals surface area contributed by atoms with Gasteiger partial charge in [-0.15, -0.1) is 11.8 Å². The molecule has 1 aliphatic rings. The number of carbonyl (C=O) groups excluding carboxylic acids is 2.